The minimum atomic E-state index is -0.0423. The predicted molar refractivity (Wildman–Crippen MR) is 84.1 cm³/mol. The van der Waals surface area contributed by atoms with E-state index in [9.17, 15) is 4.79 Å². The summed E-state index contributed by atoms with van der Waals surface area (Å²) in [6, 6.07) is 15.6. The van der Waals surface area contributed by atoms with Crippen molar-refractivity contribution in [2.45, 2.75) is 27.0 Å². The van der Waals surface area contributed by atoms with E-state index >= 15 is 0 Å². The molecule has 0 atom stereocenters. The summed E-state index contributed by atoms with van der Waals surface area (Å²) in [5.41, 5.74) is 3.91. The highest BCUT2D eigenvalue weighted by Crippen LogP contribution is 2.11. The number of nitrogens with one attached hydrogen (secondary N) is 1. The third-order valence-electron chi connectivity index (χ3n) is 3.41. The standard InChI is InChI=1S/C18H21NO2/c1-3-21-13-16-10-6-5-9-15(16)12-19-18(20)17-11-7-4-8-14(17)2/h4-11H,3,12-13H2,1-2H3,(H,19,20). The van der Waals surface area contributed by atoms with Crippen molar-refractivity contribution in [3.05, 3.63) is 70.8 Å². The van der Waals surface area contributed by atoms with Gasteiger partial charge in [0, 0.05) is 18.7 Å². The van der Waals surface area contributed by atoms with Gasteiger partial charge in [-0.3, -0.25) is 4.79 Å². The highest BCUT2D eigenvalue weighted by molar-refractivity contribution is 5.95. The molecule has 0 aliphatic carbocycles. The molecule has 2 aromatic rings. The Labute approximate surface area is 126 Å². The molecule has 0 heterocycles. The highest BCUT2D eigenvalue weighted by atomic mass is 16.5. The topological polar surface area (TPSA) is 38.3 Å². The Morgan fingerprint density at radius 1 is 1.05 bits per heavy atom. The van der Waals surface area contributed by atoms with E-state index in [1.54, 1.807) is 0 Å². The summed E-state index contributed by atoms with van der Waals surface area (Å²) in [6.45, 7) is 5.69. The van der Waals surface area contributed by atoms with Crippen molar-refractivity contribution in [1.29, 1.82) is 0 Å². The van der Waals surface area contributed by atoms with Gasteiger partial charge in [0.1, 0.15) is 0 Å². The Bertz CT molecular complexity index is 608. The van der Waals surface area contributed by atoms with Crippen molar-refractivity contribution < 1.29 is 9.53 Å². The maximum atomic E-state index is 12.2. The first-order chi connectivity index (χ1) is 10.2. The Morgan fingerprint density at radius 3 is 2.43 bits per heavy atom. The van der Waals surface area contributed by atoms with Gasteiger partial charge in [-0.1, -0.05) is 42.5 Å². The summed E-state index contributed by atoms with van der Waals surface area (Å²) in [6.07, 6.45) is 0. The minimum Gasteiger partial charge on any atom is -0.377 e. The second-order valence-electron chi connectivity index (χ2n) is 4.90. The molecule has 1 amide bonds. The van der Waals surface area contributed by atoms with E-state index < -0.39 is 0 Å². The van der Waals surface area contributed by atoms with Crippen molar-refractivity contribution in [2.24, 2.45) is 0 Å². The Kier molecular flexibility index (Phi) is 5.52. The molecule has 0 saturated carbocycles. The second-order valence-corrected chi connectivity index (χ2v) is 4.90. The monoisotopic (exact) mass is 283 g/mol. The van der Waals surface area contributed by atoms with Crippen LogP contribution in [-0.4, -0.2) is 12.5 Å². The van der Waals surface area contributed by atoms with Gasteiger partial charge in [-0.15, -0.1) is 0 Å². The maximum absolute atomic E-state index is 12.2. The molecule has 0 aromatic heterocycles. The quantitative estimate of drug-likeness (QED) is 0.881. The first-order valence-corrected chi connectivity index (χ1v) is 7.20. The van der Waals surface area contributed by atoms with Crippen LogP contribution in [0.5, 0.6) is 0 Å². The van der Waals surface area contributed by atoms with Gasteiger partial charge in [-0.05, 0) is 36.6 Å². The number of amides is 1. The number of rotatable bonds is 6. The average molecular weight is 283 g/mol. The summed E-state index contributed by atoms with van der Waals surface area (Å²) in [4.78, 5) is 12.2. The third kappa shape index (κ3) is 4.17. The Morgan fingerprint density at radius 2 is 1.71 bits per heavy atom. The number of carbonyl (C=O) groups excluding carboxylic acids is 1. The summed E-state index contributed by atoms with van der Waals surface area (Å²) in [5, 5.41) is 2.98. The van der Waals surface area contributed by atoms with Crippen LogP contribution in [-0.2, 0) is 17.9 Å². The van der Waals surface area contributed by atoms with Gasteiger partial charge in [0.05, 0.1) is 6.61 Å². The first-order valence-electron chi connectivity index (χ1n) is 7.20. The zero-order chi connectivity index (χ0) is 15.1. The van der Waals surface area contributed by atoms with Crippen molar-refractivity contribution in [3.63, 3.8) is 0 Å². The molecular formula is C18H21NO2. The van der Waals surface area contributed by atoms with E-state index in [0.29, 0.717) is 19.8 Å². The molecule has 3 nitrogen and oxygen atoms in total. The molecule has 2 aromatic carbocycles. The first kappa shape index (κ1) is 15.3. The maximum Gasteiger partial charge on any atom is 0.251 e. The fraction of sp³-hybridized carbons (Fsp3) is 0.278. The lowest BCUT2D eigenvalue weighted by Crippen LogP contribution is -2.24. The lowest BCUT2D eigenvalue weighted by atomic mass is 10.1. The Balaban J connectivity index is 2.03. The van der Waals surface area contributed by atoms with Crippen LogP contribution < -0.4 is 5.32 Å². The van der Waals surface area contributed by atoms with Gasteiger partial charge in [0.25, 0.3) is 5.91 Å². The normalized spacial score (nSPS) is 10.4. The molecule has 0 aliphatic rings. The van der Waals surface area contributed by atoms with E-state index in [0.717, 1.165) is 22.3 Å². The summed E-state index contributed by atoms with van der Waals surface area (Å²) in [7, 11) is 0. The van der Waals surface area contributed by atoms with Crippen LogP contribution in [0.2, 0.25) is 0 Å². The van der Waals surface area contributed by atoms with E-state index in [4.69, 9.17) is 4.74 Å². The molecular weight excluding hydrogens is 262 g/mol. The molecule has 0 fully saturated rings. The number of ether oxygens (including phenoxy) is 1. The van der Waals surface area contributed by atoms with Gasteiger partial charge >= 0.3 is 0 Å². The summed E-state index contributed by atoms with van der Waals surface area (Å²) < 4.78 is 5.46. The van der Waals surface area contributed by atoms with E-state index in [2.05, 4.69) is 5.32 Å². The fourth-order valence-corrected chi connectivity index (χ4v) is 2.18. The van der Waals surface area contributed by atoms with Crippen molar-refractivity contribution >= 4 is 5.91 Å². The third-order valence-corrected chi connectivity index (χ3v) is 3.41. The summed E-state index contributed by atoms with van der Waals surface area (Å²) in [5.74, 6) is -0.0423. The van der Waals surface area contributed by atoms with Gasteiger partial charge < -0.3 is 10.1 Å². The SMILES string of the molecule is CCOCc1ccccc1CNC(=O)c1ccccc1C. The van der Waals surface area contributed by atoms with E-state index in [1.807, 2.05) is 62.4 Å². The lowest BCUT2D eigenvalue weighted by Gasteiger charge is -2.11. The smallest absolute Gasteiger partial charge is 0.251 e. The molecule has 0 bridgehead atoms. The van der Waals surface area contributed by atoms with Crippen LogP contribution >= 0.6 is 0 Å². The molecule has 110 valence electrons. The minimum absolute atomic E-state index is 0.0423. The molecule has 0 unspecified atom stereocenters. The molecule has 0 saturated heterocycles. The molecule has 1 N–H and O–H groups in total. The van der Waals surface area contributed by atoms with Gasteiger partial charge in [-0.25, -0.2) is 0 Å². The van der Waals surface area contributed by atoms with Crippen molar-refractivity contribution in [1.82, 2.24) is 5.32 Å². The molecule has 0 aliphatic heterocycles. The van der Waals surface area contributed by atoms with E-state index in [-0.39, 0.29) is 5.91 Å². The number of carbonyl (C=O) groups is 1. The highest BCUT2D eigenvalue weighted by Gasteiger charge is 2.09. The average Bonchev–Trinajstić information content (AvgIpc) is 2.52. The fourth-order valence-electron chi connectivity index (χ4n) is 2.18. The van der Waals surface area contributed by atoms with Crippen LogP contribution in [0.25, 0.3) is 0 Å². The molecule has 2 rings (SSSR count). The lowest BCUT2D eigenvalue weighted by molar-refractivity contribution is 0.0949. The van der Waals surface area contributed by atoms with Crippen LogP contribution in [0.15, 0.2) is 48.5 Å². The largest absolute Gasteiger partial charge is 0.377 e. The molecule has 21 heavy (non-hydrogen) atoms. The zero-order valence-corrected chi connectivity index (χ0v) is 12.6. The number of aryl methyl sites for hydroxylation is 1. The van der Waals surface area contributed by atoms with Gasteiger partial charge in [0.2, 0.25) is 0 Å². The van der Waals surface area contributed by atoms with Crippen LogP contribution in [0.3, 0.4) is 0 Å². The van der Waals surface area contributed by atoms with Crippen molar-refractivity contribution in [3.8, 4) is 0 Å². The molecule has 0 radical (unpaired) electrons. The van der Waals surface area contributed by atoms with Crippen LogP contribution in [0, 0.1) is 6.92 Å². The predicted octanol–water partition coefficient (Wildman–Crippen LogP) is 3.46. The second kappa shape index (κ2) is 7.60. The number of hydrogen-bond donors (Lipinski definition) is 1. The van der Waals surface area contributed by atoms with Crippen LogP contribution in [0.1, 0.15) is 34.0 Å². The zero-order valence-electron chi connectivity index (χ0n) is 12.6. The molecule has 0 spiro atoms. The Hall–Kier alpha value is -2.13. The van der Waals surface area contributed by atoms with Gasteiger partial charge in [0.15, 0.2) is 0 Å². The van der Waals surface area contributed by atoms with E-state index in [1.165, 1.54) is 0 Å². The molecule has 3 heteroatoms. The van der Waals surface area contributed by atoms with Crippen LogP contribution in [0.4, 0.5) is 0 Å². The van der Waals surface area contributed by atoms with Crippen molar-refractivity contribution in [2.75, 3.05) is 6.61 Å². The van der Waals surface area contributed by atoms with Gasteiger partial charge in [-0.2, -0.15) is 0 Å². The number of benzene rings is 2. The number of hydrogen-bond acceptors (Lipinski definition) is 2. The summed E-state index contributed by atoms with van der Waals surface area (Å²) >= 11 is 0.